The number of anilines is 1. The lowest BCUT2D eigenvalue weighted by Crippen LogP contribution is -2.29. The number of nitrogens with zero attached hydrogens (tertiary/aromatic N) is 3. The molecule has 0 saturated heterocycles. The molecule has 0 spiro atoms. The number of hydrogen-bond acceptors (Lipinski definition) is 6. The maximum atomic E-state index is 9.82. The van der Waals surface area contributed by atoms with Crippen molar-refractivity contribution < 1.29 is 9.84 Å². The standard InChI is InChI=1S/C19H24ClN5O2/c1-11(2)16-9-23-25-18(21)7-17(24-19(16)25)12-4-13(20)6-15(5-12)27-10-14(26)8-22-3/h4-7,9,11,14,22,26H,8,10,21H2,1-3H3. The van der Waals surface area contributed by atoms with Crippen molar-refractivity contribution in [3.8, 4) is 17.0 Å². The minimum atomic E-state index is -0.608. The predicted octanol–water partition coefficient (Wildman–Crippen LogP) is 2.71. The van der Waals surface area contributed by atoms with E-state index < -0.39 is 6.10 Å². The Hall–Kier alpha value is -2.35. The highest BCUT2D eigenvalue weighted by molar-refractivity contribution is 6.31. The number of fused-ring (bicyclic) bond motifs is 1. The zero-order chi connectivity index (χ0) is 19.6. The Morgan fingerprint density at radius 2 is 2.07 bits per heavy atom. The number of hydrogen-bond donors (Lipinski definition) is 3. The van der Waals surface area contributed by atoms with Crippen molar-refractivity contribution in [1.29, 1.82) is 0 Å². The molecule has 144 valence electrons. The van der Waals surface area contributed by atoms with Gasteiger partial charge in [0.05, 0.1) is 11.9 Å². The summed E-state index contributed by atoms with van der Waals surface area (Å²) in [6, 6.07) is 7.11. The van der Waals surface area contributed by atoms with Crippen LogP contribution in [0.5, 0.6) is 5.75 Å². The molecule has 0 aliphatic rings. The molecule has 1 atom stereocenters. The molecule has 8 heteroatoms. The highest BCUT2D eigenvalue weighted by Crippen LogP contribution is 2.30. The quantitative estimate of drug-likeness (QED) is 0.574. The van der Waals surface area contributed by atoms with E-state index >= 15 is 0 Å². The minimum absolute atomic E-state index is 0.162. The molecule has 1 aromatic carbocycles. The van der Waals surface area contributed by atoms with E-state index in [1.807, 2.05) is 12.1 Å². The van der Waals surface area contributed by atoms with Crippen LogP contribution in [0, 0.1) is 0 Å². The van der Waals surface area contributed by atoms with Gasteiger partial charge in [0.15, 0.2) is 5.65 Å². The van der Waals surface area contributed by atoms with Gasteiger partial charge in [-0.1, -0.05) is 25.4 Å². The van der Waals surface area contributed by atoms with Crippen LogP contribution in [-0.4, -0.2) is 46.0 Å². The van der Waals surface area contributed by atoms with Crippen LogP contribution < -0.4 is 15.8 Å². The number of benzene rings is 1. The topological polar surface area (TPSA) is 97.7 Å². The largest absolute Gasteiger partial charge is 0.491 e. The smallest absolute Gasteiger partial charge is 0.161 e. The molecule has 0 bridgehead atoms. The van der Waals surface area contributed by atoms with Crippen molar-refractivity contribution >= 4 is 23.1 Å². The van der Waals surface area contributed by atoms with E-state index in [9.17, 15) is 5.11 Å². The molecule has 0 amide bonds. The lowest BCUT2D eigenvalue weighted by Gasteiger charge is -2.13. The molecule has 4 N–H and O–H groups in total. The van der Waals surface area contributed by atoms with Crippen molar-refractivity contribution in [3.05, 3.63) is 41.0 Å². The van der Waals surface area contributed by atoms with Gasteiger partial charge in [-0.25, -0.2) is 4.98 Å². The maximum Gasteiger partial charge on any atom is 0.161 e. The van der Waals surface area contributed by atoms with Gasteiger partial charge in [0.1, 0.15) is 24.3 Å². The van der Waals surface area contributed by atoms with Crippen LogP contribution in [0.25, 0.3) is 16.9 Å². The summed E-state index contributed by atoms with van der Waals surface area (Å²) >= 11 is 6.26. The molecule has 0 saturated carbocycles. The van der Waals surface area contributed by atoms with Gasteiger partial charge in [0, 0.05) is 28.8 Å². The van der Waals surface area contributed by atoms with Gasteiger partial charge in [-0.15, -0.1) is 0 Å². The summed E-state index contributed by atoms with van der Waals surface area (Å²) in [4.78, 5) is 4.74. The first-order chi connectivity index (χ1) is 12.9. The number of ether oxygens (including phenoxy) is 1. The van der Waals surface area contributed by atoms with E-state index in [0.717, 1.165) is 16.8 Å². The second-order valence-corrected chi connectivity index (χ2v) is 7.19. The Bertz CT molecular complexity index is 941. The Morgan fingerprint density at radius 1 is 1.30 bits per heavy atom. The fourth-order valence-corrected chi connectivity index (χ4v) is 3.06. The number of aliphatic hydroxyl groups excluding tert-OH is 1. The molecule has 1 unspecified atom stereocenters. The third-order valence-corrected chi connectivity index (χ3v) is 4.42. The Kier molecular flexibility index (Phi) is 5.84. The molecule has 0 fully saturated rings. The average Bonchev–Trinajstić information content (AvgIpc) is 3.04. The predicted molar refractivity (Wildman–Crippen MR) is 107 cm³/mol. The number of nitrogens with two attached hydrogens (primary N) is 1. The summed E-state index contributed by atoms with van der Waals surface area (Å²) < 4.78 is 7.31. The molecule has 2 aromatic heterocycles. The molecular formula is C19H24ClN5O2. The first kappa shape index (κ1) is 19.4. The lowest BCUT2D eigenvalue weighted by molar-refractivity contribution is 0.108. The highest BCUT2D eigenvalue weighted by Gasteiger charge is 2.14. The number of rotatable bonds is 7. The van der Waals surface area contributed by atoms with E-state index in [2.05, 4.69) is 24.3 Å². The van der Waals surface area contributed by atoms with E-state index in [-0.39, 0.29) is 12.5 Å². The van der Waals surface area contributed by atoms with Gasteiger partial charge in [0.25, 0.3) is 0 Å². The number of nitrogen functional groups attached to an aromatic ring is 1. The van der Waals surface area contributed by atoms with Crippen molar-refractivity contribution in [1.82, 2.24) is 19.9 Å². The fourth-order valence-electron chi connectivity index (χ4n) is 2.84. The molecule has 7 nitrogen and oxygen atoms in total. The summed E-state index contributed by atoms with van der Waals surface area (Å²) in [6.45, 7) is 4.78. The molecule has 3 rings (SSSR count). The second kappa shape index (κ2) is 8.12. The number of likely N-dealkylation sites (N-methyl/N-ethyl adjacent to an activating group) is 1. The molecular weight excluding hydrogens is 366 g/mol. The maximum absolute atomic E-state index is 9.82. The average molecular weight is 390 g/mol. The SMILES string of the molecule is CNCC(O)COc1cc(Cl)cc(-c2cc(N)n3ncc(C(C)C)c3n2)c1. The number of aromatic nitrogens is 3. The third kappa shape index (κ3) is 4.32. The summed E-state index contributed by atoms with van der Waals surface area (Å²) in [5, 5.41) is 17.6. The number of aliphatic hydroxyl groups is 1. The van der Waals surface area contributed by atoms with E-state index in [1.165, 1.54) is 0 Å². The lowest BCUT2D eigenvalue weighted by atomic mass is 10.1. The zero-order valence-corrected chi connectivity index (χ0v) is 16.4. The van der Waals surface area contributed by atoms with E-state index in [1.54, 1.807) is 29.9 Å². The van der Waals surface area contributed by atoms with Crippen molar-refractivity contribution in [2.24, 2.45) is 0 Å². The summed E-state index contributed by atoms with van der Waals surface area (Å²) in [6.07, 6.45) is 1.19. The van der Waals surface area contributed by atoms with Crippen LogP contribution >= 0.6 is 11.6 Å². The molecule has 27 heavy (non-hydrogen) atoms. The van der Waals surface area contributed by atoms with E-state index in [0.29, 0.717) is 28.8 Å². The van der Waals surface area contributed by atoms with Crippen LogP contribution in [0.2, 0.25) is 5.02 Å². The van der Waals surface area contributed by atoms with Gasteiger partial charge in [0.2, 0.25) is 0 Å². The Morgan fingerprint density at radius 3 is 2.78 bits per heavy atom. The van der Waals surface area contributed by atoms with Crippen molar-refractivity contribution in [3.63, 3.8) is 0 Å². The van der Waals surface area contributed by atoms with Crippen LogP contribution in [0.4, 0.5) is 5.82 Å². The zero-order valence-electron chi connectivity index (χ0n) is 15.6. The van der Waals surface area contributed by atoms with Gasteiger partial charge in [-0.3, -0.25) is 0 Å². The Balaban J connectivity index is 1.97. The molecule has 2 heterocycles. The van der Waals surface area contributed by atoms with Crippen LogP contribution in [-0.2, 0) is 0 Å². The number of nitrogens with one attached hydrogen (secondary N) is 1. The molecule has 0 radical (unpaired) electrons. The molecule has 0 aliphatic heterocycles. The summed E-state index contributed by atoms with van der Waals surface area (Å²) in [7, 11) is 1.77. The third-order valence-electron chi connectivity index (χ3n) is 4.20. The number of halogens is 1. The normalized spacial score (nSPS) is 12.7. The molecule has 3 aromatic rings. The van der Waals surface area contributed by atoms with Gasteiger partial charge in [-0.2, -0.15) is 9.61 Å². The van der Waals surface area contributed by atoms with Gasteiger partial charge >= 0.3 is 0 Å². The molecule has 0 aliphatic carbocycles. The summed E-state index contributed by atoms with van der Waals surface area (Å²) in [5.74, 6) is 1.33. The first-order valence-corrected chi connectivity index (χ1v) is 9.17. The first-order valence-electron chi connectivity index (χ1n) is 8.79. The van der Waals surface area contributed by atoms with E-state index in [4.69, 9.17) is 27.1 Å². The van der Waals surface area contributed by atoms with Crippen molar-refractivity contribution in [2.45, 2.75) is 25.9 Å². The van der Waals surface area contributed by atoms with Gasteiger partial charge < -0.3 is 20.9 Å². The van der Waals surface area contributed by atoms with Crippen LogP contribution in [0.1, 0.15) is 25.3 Å². The van der Waals surface area contributed by atoms with Crippen LogP contribution in [0.3, 0.4) is 0 Å². The fraction of sp³-hybridized carbons (Fsp3) is 0.368. The van der Waals surface area contributed by atoms with Gasteiger partial charge in [-0.05, 0) is 31.2 Å². The highest BCUT2D eigenvalue weighted by atomic mass is 35.5. The monoisotopic (exact) mass is 389 g/mol. The Labute approximate surface area is 163 Å². The minimum Gasteiger partial charge on any atom is -0.491 e. The summed E-state index contributed by atoms with van der Waals surface area (Å²) in [5.41, 5.74) is 9.39. The van der Waals surface area contributed by atoms with Crippen molar-refractivity contribution in [2.75, 3.05) is 25.9 Å². The van der Waals surface area contributed by atoms with Crippen LogP contribution in [0.15, 0.2) is 30.5 Å². The second-order valence-electron chi connectivity index (χ2n) is 6.75.